The number of nitrogens with one attached hydrogen (secondary N) is 1. The second-order valence-electron chi connectivity index (χ2n) is 7.33. The highest BCUT2D eigenvalue weighted by Crippen LogP contribution is 2.42. The Bertz CT molecular complexity index is 1100. The van der Waals surface area contributed by atoms with E-state index in [-0.39, 0.29) is 11.8 Å². The third-order valence-corrected chi connectivity index (χ3v) is 6.40. The van der Waals surface area contributed by atoms with Crippen molar-refractivity contribution >= 4 is 29.3 Å². The number of aryl methyl sites for hydroxylation is 1. The molecular formula is C24H20F2N2O2S. The van der Waals surface area contributed by atoms with Crippen LogP contribution in [0, 0.1) is 18.6 Å². The average molecular weight is 438 g/mol. The number of halogens is 2. The minimum absolute atomic E-state index is 0.307. The Hall–Kier alpha value is -3.19. The number of carbonyl (C=O) groups excluding carboxylic acids is 2. The molecule has 0 spiro atoms. The highest BCUT2D eigenvalue weighted by atomic mass is 32.2. The predicted molar refractivity (Wildman–Crippen MR) is 118 cm³/mol. The summed E-state index contributed by atoms with van der Waals surface area (Å²) in [4.78, 5) is 28.0. The molecule has 0 aromatic heterocycles. The van der Waals surface area contributed by atoms with Crippen molar-refractivity contribution in [2.45, 2.75) is 18.3 Å². The normalized spacial score (nSPS) is 18.1. The summed E-state index contributed by atoms with van der Waals surface area (Å²) in [6, 6.07) is 17.8. The van der Waals surface area contributed by atoms with E-state index in [4.69, 9.17) is 0 Å². The van der Waals surface area contributed by atoms with Gasteiger partial charge in [0.1, 0.15) is 23.1 Å². The first-order valence-electron chi connectivity index (χ1n) is 9.75. The van der Waals surface area contributed by atoms with Crippen molar-refractivity contribution in [3.05, 3.63) is 101 Å². The van der Waals surface area contributed by atoms with Crippen LogP contribution in [0.2, 0.25) is 0 Å². The minimum Gasteiger partial charge on any atom is -0.324 e. The minimum atomic E-state index is -0.767. The van der Waals surface area contributed by atoms with E-state index in [2.05, 4.69) is 5.32 Å². The first-order valence-corrected chi connectivity index (χ1v) is 10.8. The van der Waals surface area contributed by atoms with Crippen LogP contribution in [0.3, 0.4) is 0 Å². The number of amides is 2. The van der Waals surface area contributed by atoms with Crippen LogP contribution in [0.15, 0.2) is 72.8 Å². The number of anilines is 1. The molecule has 4 nitrogen and oxygen atoms in total. The fourth-order valence-corrected chi connectivity index (χ4v) is 4.90. The molecule has 2 unspecified atom stereocenters. The third-order valence-electron chi connectivity index (χ3n) is 5.08. The van der Waals surface area contributed by atoms with E-state index in [9.17, 15) is 18.4 Å². The molecule has 0 bridgehead atoms. The molecule has 1 saturated heterocycles. The van der Waals surface area contributed by atoms with Gasteiger partial charge in [-0.25, -0.2) is 8.78 Å². The van der Waals surface area contributed by atoms with Crippen LogP contribution >= 0.6 is 11.8 Å². The molecule has 1 fully saturated rings. The van der Waals surface area contributed by atoms with Gasteiger partial charge >= 0.3 is 0 Å². The van der Waals surface area contributed by atoms with Crippen LogP contribution in [0.1, 0.15) is 26.9 Å². The van der Waals surface area contributed by atoms with Gasteiger partial charge in [-0.15, -0.1) is 11.8 Å². The highest BCUT2D eigenvalue weighted by Gasteiger charge is 2.42. The van der Waals surface area contributed by atoms with Gasteiger partial charge in [0, 0.05) is 17.0 Å². The number of hydrogen-bond acceptors (Lipinski definition) is 3. The number of hydrogen-bond donors (Lipinski definition) is 1. The Labute approximate surface area is 183 Å². The smallest absolute Gasteiger partial charge is 0.255 e. The summed E-state index contributed by atoms with van der Waals surface area (Å²) < 4.78 is 27.1. The molecule has 0 aliphatic carbocycles. The van der Waals surface area contributed by atoms with E-state index in [0.717, 1.165) is 5.56 Å². The molecule has 0 saturated carbocycles. The summed E-state index contributed by atoms with van der Waals surface area (Å²) in [6.45, 7) is 1.93. The Morgan fingerprint density at radius 3 is 2.35 bits per heavy atom. The first kappa shape index (κ1) is 21.1. The Balaban J connectivity index is 1.66. The van der Waals surface area contributed by atoms with Crippen molar-refractivity contribution in [3.8, 4) is 0 Å². The average Bonchev–Trinajstić information content (AvgIpc) is 3.21. The maximum atomic E-state index is 13.9. The van der Waals surface area contributed by atoms with Crippen LogP contribution in [-0.4, -0.2) is 28.5 Å². The van der Waals surface area contributed by atoms with E-state index < -0.39 is 23.1 Å². The molecule has 1 N–H and O–H groups in total. The van der Waals surface area contributed by atoms with Gasteiger partial charge in [-0.3, -0.25) is 9.59 Å². The summed E-state index contributed by atoms with van der Waals surface area (Å²) in [6.07, 6.45) is 0. The van der Waals surface area contributed by atoms with Crippen LogP contribution in [0.25, 0.3) is 0 Å². The van der Waals surface area contributed by atoms with Gasteiger partial charge < -0.3 is 10.2 Å². The maximum Gasteiger partial charge on any atom is 0.255 e. The molecule has 1 aliphatic heterocycles. The van der Waals surface area contributed by atoms with Crippen molar-refractivity contribution in [2.24, 2.45) is 0 Å². The summed E-state index contributed by atoms with van der Waals surface area (Å²) in [5.74, 6) is -1.14. The summed E-state index contributed by atoms with van der Waals surface area (Å²) in [5.41, 5.74) is 2.52. The monoisotopic (exact) mass is 438 g/mol. The maximum absolute atomic E-state index is 13.9. The lowest BCUT2D eigenvalue weighted by atomic mass is 10.1. The Morgan fingerprint density at radius 1 is 0.968 bits per heavy atom. The van der Waals surface area contributed by atoms with Crippen molar-refractivity contribution < 1.29 is 18.4 Å². The molecule has 1 aliphatic rings. The lowest BCUT2D eigenvalue weighted by Crippen LogP contribution is -2.45. The Morgan fingerprint density at radius 2 is 1.68 bits per heavy atom. The number of carbonyl (C=O) groups is 2. The lowest BCUT2D eigenvalue weighted by molar-refractivity contribution is -0.119. The standard InChI is InChI=1S/C24H20F2N2O2S/c1-15-5-7-16(8-6-15)23(30)28-21(22(29)27-20-11-9-18(25)10-12-20)14-31-24(28)17-3-2-4-19(26)13-17/h2-13,21,24H,14H2,1H3,(H,27,29). The van der Waals surface area contributed by atoms with Gasteiger partial charge in [-0.1, -0.05) is 29.8 Å². The second-order valence-corrected chi connectivity index (χ2v) is 8.44. The van der Waals surface area contributed by atoms with E-state index in [1.807, 2.05) is 19.1 Å². The quantitative estimate of drug-likeness (QED) is 0.612. The molecule has 4 rings (SSSR count). The topological polar surface area (TPSA) is 49.4 Å². The zero-order valence-electron chi connectivity index (χ0n) is 16.7. The summed E-state index contributed by atoms with van der Waals surface area (Å²) in [7, 11) is 0. The van der Waals surface area contributed by atoms with Crippen LogP contribution < -0.4 is 5.32 Å². The number of thioether (sulfide) groups is 1. The van der Waals surface area contributed by atoms with Gasteiger partial charge in [0.05, 0.1) is 0 Å². The van der Waals surface area contributed by atoms with Crippen LogP contribution in [0.4, 0.5) is 14.5 Å². The van der Waals surface area contributed by atoms with E-state index >= 15 is 0 Å². The number of benzene rings is 3. The summed E-state index contributed by atoms with van der Waals surface area (Å²) >= 11 is 1.41. The van der Waals surface area contributed by atoms with Crippen molar-refractivity contribution in [1.82, 2.24) is 4.90 Å². The molecular weight excluding hydrogens is 418 g/mol. The second kappa shape index (κ2) is 8.89. The third kappa shape index (κ3) is 4.61. The molecule has 31 heavy (non-hydrogen) atoms. The van der Waals surface area contributed by atoms with Gasteiger partial charge in [-0.05, 0) is 61.0 Å². The van der Waals surface area contributed by atoms with Crippen molar-refractivity contribution in [2.75, 3.05) is 11.1 Å². The lowest BCUT2D eigenvalue weighted by Gasteiger charge is -2.29. The van der Waals surface area contributed by atoms with Gasteiger partial charge in [0.2, 0.25) is 5.91 Å². The predicted octanol–water partition coefficient (Wildman–Crippen LogP) is 5.17. The highest BCUT2D eigenvalue weighted by molar-refractivity contribution is 7.99. The largest absolute Gasteiger partial charge is 0.324 e. The molecule has 0 radical (unpaired) electrons. The first-order chi connectivity index (χ1) is 14.9. The summed E-state index contributed by atoms with van der Waals surface area (Å²) in [5, 5.41) is 2.25. The van der Waals surface area contributed by atoms with Gasteiger partial charge in [0.15, 0.2) is 0 Å². The van der Waals surface area contributed by atoms with E-state index in [1.54, 1.807) is 24.3 Å². The number of nitrogens with zero attached hydrogens (tertiary/aromatic N) is 1. The molecule has 3 aromatic carbocycles. The van der Waals surface area contributed by atoms with E-state index in [1.165, 1.54) is 53.1 Å². The molecule has 2 atom stereocenters. The van der Waals surface area contributed by atoms with Crippen LogP contribution in [-0.2, 0) is 4.79 Å². The van der Waals surface area contributed by atoms with Gasteiger partial charge in [-0.2, -0.15) is 0 Å². The SMILES string of the molecule is Cc1ccc(C(=O)N2C(C(=O)Nc3ccc(F)cc3)CSC2c2cccc(F)c2)cc1. The fourth-order valence-electron chi connectivity index (χ4n) is 3.48. The van der Waals surface area contributed by atoms with E-state index in [0.29, 0.717) is 22.6 Å². The van der Waals surface area contributed by atoms with Crippen molar-refractivity contribution in [3.63, 3.8) is 0 Å². The zero-order chi connectivity index (χ0) is 22.0. The molecule has 1 heterocycles. The fraction of sp³-hybridized carbons (Fsp3) is 0.167. The molecule has 7 heteroatoms. The van der Waals surface area contributed by atoms with Crippen LogP contribution in [0.5, 0.6) is 0 Å². The molecule has 2 amide bonds. The molecule has 3 aromatic rings. The van der Waals surface area contributed by atoms with Crippen molar-refractivity contribution in [1.29, 1.82) is 0 Å². The molecule has 158 valence electrons. The number of rotatable bonds is 4. The zero-order valence-corrected chi connectivity index (χ0v) is 17.5. The Kier molecular flexibility index (Phi) is 6.04. The van der Waals surface area contributed by atoms with Gasteiger partial charge in [0.25, 0.3) is 5.91 Å².